The minimum Gasteiger partial charge on any atom is -0.371 e. The molecule has 0 aliphatic rings. The third kappa shape index (κ3) is 4.69. The molecular weight excluding hydrogens is 497 g/mol. The molecular formula is C25H28IN5. The average Bonchev–Trinajstić information content (AvgIpc) is 3.25. The van der Waals surface area contributed by atoms with Gasteiger partial charge in [0.25, 0.3) is 0 Å². The topological polar surface area (TPSA) is 45.5 Å². The van der Waals surface area contributed by atoms with E-state index >= 15 is 0 Å². The second-order valence-corrected chi connectivity index (χ2v) is 8.84. The first-order valence-electron chi connectivity index (χ1n) is 10.8. The van der Waals surface area contributed by atoms with Crippen LogP contribution in [-0.2, 0) is 0 Å². The molecule has 0 bridgehead atoms. The fourth-order valence-corrected chi connectivity index (χ4v) is 4.33. The Morgan fingerprint density at radius 1 is 1.00 bits per heavy atom. The number of aromatic nitrogens is 3. The monoisotopic (exact) mass is 525 g/mol. The lowest BCUT2D eigenvalue weighted by Crippen LogP contribution is -2.25. The van der Waals surface area contributed by atoms with Crippen molar-refractivity contribution >= 4 is 45.3 Å². The molecule has 3 aromatic heterocycles. The fraction of sp³-hybridized carbons (Fsp3) is 0.280. The molecule has 0 spiro atoms. The van der Waals surface area contributed by atoms with Crippen LogP contribution in [0.3, 0.4) is 0 Å². The Bertz CT molecular complexity index is 1160. The number of imidazole rings is 1. The van der Waals surface area contributed by atoms with Gasteiger partial charge in [-0.25, -0.2) is 9.97 Å². The predicted molar refractivity (Wildman–Crippen MR) is 138 cm³/mol. The molecule has 0 saturated heterocycles. The van der Waals surface area contributed by atoms with E-state index in [2.05, 4.69) is 104 Å². The van der Waals surface area contributed by atoms with Crippen LogP contribution in [0.25, 0.3) is 16.9 Å². The number of pyridine rings is 2. The Kier molecular flexibility index (Phi) is 6.75. The van der Waals surface area contributed by atoms with E-state index in [1.807, 2.05) is 24.7 Å². The van der Waals surface area contributed by atoms with E-state index in [-0.39, 0.29) is 0 Å². The summed E-state index contributed by atoms with van der Waals surface area (Å²) in [6.07, 6.45) is 8.05. The van der Waals surface area contributed by atoms with Crippen LogP contribution >= 0.6 is 22.6 Å². The van der Waals surface area contributed by atoms with Crippen LogP contribution in [-0.4, -0.2) is 27.5 Å². The number of nitrogens with one attached hydrogen (secondary N) is 1. The number of nitrogens with zero attached hydrogens (tertiary/aromatic N) is 4. The molecule has 0 atom stereocenters. The van der Waals surface area contributed by atoms with Gasteiger partial charge in [0, 0.05) is 48.6 Å². The summed E-state index contributed by atoms with van der Waals surface area (Å²) in [5.74, 6) is 0. The lowest BCUT2D eigenvalue weighted by molar-refractivity contribution is 0.743. The van der Waals surface area contributed by atoms with E-state index < -0.39 is 0 Å². The van der Waals surface area contributed by atoms with Gasteiger partial charge in [-0.05, 0) is 90.4 Å². The van der Waals surface area contributed by atoms with E-state index in [4.69, 9.17) is 0 Å². The van der Waals surface area contributed by atoms with Crippen molar-refractivity contribution in [2.45, 2.75) is 33.6 Å². The van der Waals surface area contributed by atoms with Crippen molar-refractivity contribution in [3.63, 3.8) is 0 Å². The first-order valence-corrected chi connectivity index (χ1v) is 11.9. The van der Waals surface area contributed by atoms with Crippen LogP contribution in [0.1, 0.15) is 32.3 Å². The molecule has 3 heterocycles. The highest BCUT2D eigenvalue weighted by atomic mass is 127. The van der Waals surface area contributed by atoms with E-state index in [1.165, 1.54) is 11.3 Å². The minimum atomic E-state index is 0.899. The van der Waals surface area contributed by atoms with Gasteiger partial charge in [-0.1, -0.05) is 13.8 Å². The van der Waals surface area contributed by atoms with Crippen molar-refractivity contribution in [3.8, 4) is 11.3 Å². The molecule has 0 fully saturated rings. The highest BCUT2D eigenvalue weighted by Crippen LogP contribution is 2.30. The van der Waals surface area contributed by atoms with Gasteiger partial charge in [-0.15, -0.1) is 0 Å². The molecule has 0 radical (unpaired) electrons. The van der Waals surface area contributed by atoms with Crippen LogP contribution in [0, 0.1) is 10.6 Å². The molecule has 0 unspecified atom stereocenters. The Labute approximate surface area is 197 Å². The molecule has 5 nitrogen and oxygen atoms in total. The van der Waals surface area contributed by atoms with E-state index in [0.29, 0.717) is 0 Å². The lowest BCUT2D eigenvalue weighted by atomic mass is 10.1. The maximum atomic E-state index is 4.61. The zero-order valence-electron chi connectivity index (χ0n) is 18.3. The summed E-state index contributed by atoms with van der Waals surface area (Å²) in [7, 11) is 0. The van der Waals surface area contributed by atoms with Crippen molar-refractivity contribution in [2.75, 3.05) is 23.3 Å². The quantitative estimate of drug-likeness (QED) is 0.206. The van der Waals surface area contributed by atoms with Crippen molar-refractivity contribution < 1.29 is 0 Å². The molecule has 0 saturated carbocycles. The number of hydrogen-bond acceptors (Lipinski definition) is 4. The Balaban J connectivity index is 1.63. The molecule has 4 rings (SSSR count). The fourth-order valence-electron chi connectivity index (χ4n) is 4.01. The standard InChI is InChI=1S/C25H28IN5/c1-4-13-30(14-5-2)22-9-7-20(16-18(22)3)29-21-8-10-23(31-15-12-27-25(21)31)19-6-11-24(26)28-17-19/h6-12,15-17,29H,4-5,13-14H2,1-3H3. The Morgan fingerprint density at radius 3 is 2.48 bits per heavy atom. The first-order chi connectivity index (χ1) is 15.1. The smallest absolute Gasteiger partial charge is 0.161 e. The summed E-state index contributed by atoms with van der Waals surface area (Å²) in [5.41, 5.74) is 7.71. The second-order valence-electron chi connectivity index (χ2n) is 7.74. The number of aryl methyl sites for hydroxylation is 1. The van der Waals surface area contributed by atoms with Crippen LogP contribution < -0.4 is 10.2 Å². The van der Waals surface area contributed by atoms with Crippen molar-refractivity contribution in [2.24, 2.45) is 0 Å². The lowest BCUT2D eigenvalue weighted by Gasteiger charge is -2.26. The predicted octanol–water partition coefficient (Wildman–Crippen LogP) is 6.68. The first kappa shape index (κ1) is 21.6. The molecule has 31 heavy (non-hydrogen) atoms. The molecule has 4 aromatic rings. The number of anilines is 3. The number of benzene rings is 1. The zero-order chi connectivity index (χ0) is 21.8. The summed E-state index contributed by atoms with van der Waals surface area (Å²) in [4.78, 5) is 11.5. The number of halogens is 1. The summed E-state index contributed by atoms with van der Waals surface area (Å²) in [6.45, 7) is 8.84. The van der Waals surface area contributed by atoms with Gasteiger partial charge >= 0.3 is 0 Å². The molecule has 0 aliphatic carbocycles. The SMILES string of the molecule is CCCN(CCC)c1ccc(Nc2ccc(-c3ccc(I)nc3)n3ccnc23)cc1C. The molecule has 6 heteroatoms. The zero-order valence-corrected chi connectivity index (χ0v) is 20.4. The maximum absolute atomic E-state index is 4.61. The average molecular weight is 525 g/mol. The van der Waals surface area contributed by atoms with Gasteiger partial charge in [0.15, 0.2) is 5.65 Å². The summed E-state index contributed by atoms with van der Waals surface area (Å²) < 4.78 is 3.09. The minimum absolute atomic E-state index is 0.899. The number of hydrogen-bond donors (Lipinski definition) is 1. The molecule has 1 aromatic carbocycles. The molecule has 160 valence electrons. The third-order valence-electron chi connectivity index (χ3n) is 5.38. The normalized spacial score (nSPS) is 11.1. The third-order valence-corrected chi connectivity index (χ3v) is 6.01. The number of rotatable bonds is 8. The molecule has 0 amide bonds. The van der Waals surface area contributed by atoms with Gasteiger partial charge in [0.1, 0.15) is 3.70 Å². The van der Waals surface area contributed by atoms with Crippen molar-refractivity contribution in [3.05, 3.63) is 70.3 Å². The van der Waals surface area contributed by atoms with Gasteiger partial charge in [-0.2, -0.15) is 0 Å². The number of fused-ring (bicyclic) bond motifs is 1. The summed E-state index contributed by atoms with van der Waals surface area (Å²) in [6, 6.07) is 15.0. The maximum Gasteiger partial charge on any atom is 0.161 e. The van der Waals surface area contributed by atoms with E-state index in [9.17, 15) is 0 Å². The van der Waals surface area contributed by atoms with Gasteiger partial charge < -0.3 is 10.2 Å². The highest BCUT2D eigenvalue weighted by Gasteiger charge is 2.12. The van der Waals surface area contributed by atoms with Crippen LogP contribution in [0.4, 0.5) is 17.1 Å². The largest absolute Gasteiger partial charge is 0.371 e. The highest BCUT2D eigenvalue weighted by molar-refractivity contribution is 14.1. The summed E-state index contributed by atoms with van der Waals surface area (Å²) in [5, 5.41) is 3.57. The van der Waals surface area contributed by atoms with Gasteiger partial charge in [0.05, 0.1) is 11.4 Å². The van der Waals surface area contributed by atoms with Crippen molar-refractivity contribution in [1.29, 1.82) is 0 Å². The summed E-state index contributed by atoms with van der Waals surface area (Å²) >= 11 is 2.22. The molecule has 0 aliphatic heterocycles. The van der Waals surface area contributed by atoms with Crippen LogP contribution in [0.5, 0.6) is 0 Å². The Hall–Kier alpha value is -2.61. The van der Waals surface area contributed by atoms with E-state index in [0.717, 1.165) is 57.9 Å². The van der Waals surface area contributed by atoms with Crippen LogP contribution in [0.15, 0.2) is 61.1 Å². The van der Waals surface area contributed by atoms with E-state index in [1.54, 1.807) is 0 Å². The van der Waals surface area contributed by atoms with Crippen molar-refractivity contribution in [1.82, 2.24) is 14.4 Å². The Morgan fingerprint density at radius 2 is 1.81 bits per heavy atom. The molecule has 1 N–H and O–H groups in total. The van der Waals surface area contributed by atoms with Gasteiger partial charge in [-0.3, -0.25) is 4.40 Å². The second kappa shape index (κ2) is 9.68. The van der Waals surface area contributed by atoms with Crippen LogP contribution in [0.2, 0.25) is 0 Å². The van der Waals surface area contributed by atoms with Gasteiger partial charge in [0.2, 0.25) is 0 Å².